The fourth-order valence-electron chi connectivity index (χ4n) is 2.08. The highest BCUT2D eigenvalue weighted by Gasteiger charge is 2.13. The number of carbonyl (C=O) groups excluding carboxylic acids is 2. The van der Waals surface area contributed by atoms with E-state index in [1.165, 1.54) is 0 Å². The van der Waals surface area contributed by atoms with Crippen molar-refractivity contribution in [1.82, 2.24) is 5.32 Å². The van der Waals surface area contributed by atoms with Gasteiger partial charge in [0.05, 0.1) is 13.2 Å². The molecule has 2 aromatic carbocycles. The molecular formula is C19H22N2O4. The molecule has 0 radical (unpaired) electrons. The molecule has 0 spiro atoms. The Morgan fingerprint density at radius 3 is 2.08 bits per heavy atom. The highest BCUT2D eigenvalue weighted by molar-refractivity contribution is 6.39. The van der Waals surface area contributed by atoms with Crippen molar-refractivity contribution >= 4 is 17.5 Å². The van der Waals surface area contributed by atoms with Gasteiger partial charge in [0.15, 0.2) is 0 Å². The van der Waals surface area contributed by atoms with Gasteiger partial charge in [0.25, 0.3) is 0 Å². The zero-order valence-corrected chi connectivity index (χ0v) is 14.5. The Bertz CT molecular complexity index is 709. The lowest BCUT2D eigenvalue weighted by Gasteiger charge is -2.10. The van der Waals surface area contributed by atoms with Crippen LogP contribution in [0.3, 0.4) is 0 Å². The standard InChI is InChI=1S/C19H22N2O4/c1-13(2)25-17-8-4-14(5-9-17)12-20-18(22)19(23)21-15-6-10-16(24-3)11-7-15/h4-11,13H,12H2,1-3H3,(H,20,22)(H,21,23). The number of amides is 2. The third-order valence-corrected chi connectivity index (χ3v) is 3.30. The van der Waals surface area contributed by atoms with Crippen LogP contribution in [-0.2, 0) is 16.1 Å². The lowest BCUT2D eigenvalue weighted by Crippen LogP contribution is -2.34. The van der Waals surface area contributed by atoms with Crippen LogP contribution in [0.25, 0.3) is 0 Å². The molecule has 0 fully saturated rings. The third-order valence-electron chi connectivity index (χ3n) is 3.30. The molecule has 0 aromatic heterocycles. The Balaban J connectivity index is 1.83. The Morgan fingerprint density at radius 2 is 1.52 bits per heavy atom. The van der Waals surface area contributed by atoms with E-state index in [0.29, 0.717) is 11.4 Å². The molecule has 2 rings (SSSR count). The lowest BCUT2D eigenvalue weighted by molar-refractivity contribution is -0.136. The summed E-state index contributed by atoms with van der Waals surface area (Å²) >= 11 is 0. The third kappa shape index (κ3) is 5.84. The van der Waals surface area contributed by atoms with E-state index < -0.39 is 11.8 Å². The van der Waals surface area contributed by atoms with Crippen LogP contribution in [0.1, 0.15) is 19.4 Å². The highest BCUT2D eigenvalue weighted by atomic mass is 16.5. The zero-order chi connectivity index (χ0) is 18.2. The fraction of sp³-hybridized carbons (Fsp3) is 0.263. The maximum absolute atomic E-state index is 11.9. The van der Waals surface area contributed by atoms with Gasteiger partial charge in [-0.15, -0.1) is 0 Å². The molecule has 132 valence electrons. The van der Waals surface area contributed by atoms with Crippen molar-refractivity contribution in [3.63, 3.8) is 0 Å². The molecule has 0 heterocycles. The van der Waals surface area contributed by atoms with Crippen LogP contribution in [0.5, 0.6) is 11.5 Å². The van der Waals surface area contributed by atoms with E-state index in [0.717, 1.165) is 11.3 Å². The van der Waals surface area contributed by atoms with Gasteiger partial charge in [-0.05, 0) is 55.8 Å². The zero-order valence-electron chi connectivity index (χ0n) is 14.5. The van der Waals surface area contributed by atoms with E-state index in [9.17, 15) is 9.59 Å². The Morgan fingerprint density at radius 1 is 0.920 bits per heavy atom. The summed E-state index contributed by atoms with van der Waals surface area (Å²) in [7, 11) is 1.56. The summed E-state index contributed by atoms with van der Waals surface area (Å²) < 4.78 is 10.6. The first-order chi connectivity index (χ1) is 12.0. The van der Waals surface area contributed by atoms with Gasteiger partial charge in [0, 0.05) is 12.2 Å². The van der Waals surface area contributed by atoms with Gasteiger partial charge in [-0.1, -0.05) is 12.1 Å². The van der Waals surface area contributed by atoms with Gasteiger partial charge >= 0.3 is 11.8 Å². The molecule has 6 heteroatoms. The molecule has 0 aliphatic rings. The Kier molecular flexibility index (Phi) is 6.39. The summed E-state index contributed by atoms with van der Waals surface area (Å²) in [6, 6.07) is 14.1. The van der Waals surface area contributed by atoms with Crippen LogP contribution in [0.2, 0.25) is 0 Å². The molecule has 0 saturated carbocycles. The van der Waals surface area contributed by atoms with Crippen LogP contribution in [0.4, 0.5) is 5.69 Å². The second-order valence-electron chi connectivity index (χ2n) is 5.68. The van der Waals surface area contributed by atoms with Gasteiger partial charge in [-0.2, -0.15) is 0 Å². The maximum atomic E-state index is 11.9. The minimum atomic E-state index is -0.718. The molecule has 2 N–H and O–H groups in total. The van der Waals surface area contributed by atoms with E-state index in [4.69, 9.17) is 9.47 Å². The van der Waals surface area contributed by atoms with Crippen molar-refractivity contribution in [3.05, 3.63) is 54.1 Å². The summed E-state index contributed by atoms with van der Waals surface area (Å²) in [6.07, 6.45) is 0.104. The van der Waals surface area contributed by atoms with Crippen LogP contribution >= 0.6 is 0 Å². The first kappa shape index (κ1) is 18.3. The first-order valence-electron chi connectivity index (χ1n) is 7.96. The molecule has 2 aromatic rings. The smallest absolute Gasteiger partial charge is 0.313 e. The Hall–Kier alpha value is -3.02. The van der Waals surface area contributed by atoms with Crippen LogP contribution < -0.4 is 20.1 Å². The van der Waals surface area contributed by atoms with Crippen molar-refractivity contribution in [2.45, 2.75) is 26.5 Å². The number of ether oxygens (including phenoxy) is 2. The average Bonchev–Trinajstić information content (AvgIpc) is 2.61. The predicted molar refractivity (Wildman–Crippen MR) is 95.7 cm³/mol. The Labute approximate surface area is 147 Å². The monoisotopic (exact) mass is 342 g/mol. The van der Waals surface area contributed by atoms with Gasteiger partial charge in [0.2, 0.25) is 0 Å². The lowest BCUT2D eigenvalue weighted by atomic mass is 10.2. The summed E-state index contributed by atoms with van der Waals surface area (Å²) in [5, 5.41) is 5.12. The van der Waals surface area contributed by atoms with Crippen molar-refractivity contribution in [3.8, 4) is 11.5 Å². The highest BCUT2D eigenvalue weighted by Crippen LogP contribution is 2.15. The van der Waals surface area contributed by atoms with Crippen molar-refractivity contribution < 1.29 is 19.1 Å². The summed E-state index contributed by atoms with van der Waals surface area (Å²) in [4.78, 5) is 23.8. The fourth-order valence-corrected chi connectivity index (χ4v) is 2.08. The number of carbonyl (C=O) groups is 2. The predicted octanol–water partition coefficient (Wildman–Crippen LogP) is 2.74. The minimum absolute atomic E-state index is 0.104. The van der Waals surface area contributed by atoms with E-state index in [1.54, 1.807) is 31.4 Å². The number of hydrogen-bond acceptors (Lipinski definition) is 4. The normalized spacial score (nSPS) is 10.2. The van der Waals surface area contributed by atoms with Crippen LogP contribution in [0, 0.1) is 0 Å². The number of rotatable bonds is 6. The van der Waals surface area contributed by atoms with Crippen LogP contribution in [-0.4, -0.2) is 25.0 Å². The first-order valence-corrected chi connectivity index (χ1v) is 7.96. The summed E-state index contributed by atoms with van der Waals surface area (Å²) in [5.74, 6) is 0.0259. The number of anilines is 1. The van der Waals surface area contributed by atoms with Gasteiger partial charge < -0.3 is 20.1 Å². The topological polar surface area (TPSA) is 76.7 Å². The molecule has 0 saturated heterocycles. The summed E-state index contributed by atoms with van der Waals surface area (Å²) in [6.45, 7) is 4.17. The molecule has 0 aliphatic carbocycles. The number of nitrogens with one attached hydrogen (secondary N) is 2. The number of methoxy groups -OCH3 is 1. The van der Waals surface area contributed by atoms with Crippen molar-refractivity contribution in [2.75, 3.05) is 12.4 Å². The van der Waals surface area contributed by atoms with Crippen LogP contribution in [0.15, 0.2) is 48.5 Å². The molecule has 25 heavy (non-hydrogen) atoms. The molecule has 2 amide bonds. The van der Waals surface area contributed by atoms with Gasteiger partial charge in [-0.3, -0.25) is 9.59 Å². The van der Waals surface area contributed by atoms with Gasteiger partial charge in [-0.25, -0.2) is 0 Å². The quantitative estimate of drug-likeness (QED) is 0.792. The maximum Gasteiger partial charge on any atom is 0.313 e. The number of benzene rings is 2. The molecule has 0 atom stereocenters. The largest absolute Gasteiger partial charge is 0.497 e. The molecular weight excluding hydrogens is 320 g/mol. The second kappa shape index (κ2) is 8.73. The number of hydrogen-bond donors (Lipinski definition) is 2. The van der Waals surface area contributed by atoms with E-state index in [-0.39, 0.29) is 12.6 Å². The SMILES string of the molecule is COc1ccc(NC(=O)C(=O)NCc2ccc(OC(C)C)cc2)cc1. The van der Waals surface area contributed by atoms with E-state index in [1.807, 2.05) is 38.1 Å². The molecule has 0 unspecified atom stereocenters. The van der Waals surface area contributed by atoms with E-state index in [2.05, 4.69) is 10.6 Å². The minimum Gasteiger partial charge on any atom is -0.497 e. The molecule has 0 aliphatic heterocycles. The van der Waals surface area contributed by atoms with Gasteiger partial charge in [0.1, 0.15) is 11.5 Å². The molecule has 0 bridgehead atoms. The van der Waals surface area contributed by atoms with Crippen molar-refractivity contribution in [2.24, 2.45) is 0 Å². The molecule has 6 nitrogen and oxygen atoms in total. The van der Waals surface area contributed by atoms with E-state index >= 15 is 0 Å². The average molecular weight is 342 g/mol. The van der Waals surface area contributed by atoms with Crippen molar-refractivity contribution in [1.29, 1.82) is 0 Å². The summed E-state index contributed by atoms with van der Waals surface area (Å²) in [5.41, 5.74) is 1.40. The second-order valence-corrected chi connectivity index (χ2v) is 5.68.